The summed E-state index contributed by atoms with van der Waals surface area (Å²) in [5.74, 6) is -1.49. The lowest BCUT2D eigenvalue weighted by molar-refractivity contribution is -0.150. The minimum absolute atomic E-state index is 0.00676. The van der Waals surface area contributed by atoms with Crippen LogP contribution in [0.4, 0.5) is 0 Å². The van der Waals surface area contributed by atoms with Gasteiger partial charge in [0, 0.05) is 22.2 Å². The van der Waals surface area contributed by atoms with E-state index in [2.05, 4.69) is 12.1 Å². The molecule has 0 amide bonds. The second kappa shape index (κ2) is 8.54. The summed E-state index contributed by atoms with van der Waals surface area (Å²) in [5, 5.41) is 2.04. The SMILES string of the molecule is Cc1ccc(C(=O)C(c2ccccc2C2(C)OCCO2)c2nc(C)cc3ccccc23)cc1. The third kappa shape index (κ3) is 3.97. The minimum atomic E-state index is -0.901. The number of aryl methyl sites for hydroxylation is 2. The monoisotopic (exact) mass is 437 g/mol. The van der Waals surface area contributed by atoms with E-state index >= 15 is 0 Å². The maximum atomic E-state index is 14.2. The van der Waals surface area contributed by atoms with E-state index in [0.717, 1.165) is 38.9 Å². The summed E-state index contributed by atoms with van der Waals surface area (Å²) in [7, 11) is 0. The fourth-order valence-corrected chi connectivity index (χ4v) is 4.71. The maximum absolute atomic E-state index is 14.2. The standard InChI is InChI=1S/C29H27NO3/c1-19-12-14-21(15-13-19)28(31)26(27-23-9-5-4-8-22(23)18-20(2)30-27)24-10-6-7-11-25(24)29(3)32-16-17-33-29/h4-15,18,26H,16-17H2,1-3H3. The van der Waals surface area contributed by atoms with E-state index in [-0.39, 0.29) is 5.78 Å². The lowest BCUT2D eigenvalue weighted by Gasteiger charge is -2.29. The molecule has 5 rings (SSSR count). The van der Waals surface area contributed by atoms with Crippen LogP contribution < -0.4 is 0 Å². The molecule has 0 aliphatic carbocycles. The Morgan fingerprint density at radius 1 is 0.909 bits per heavy atom. The molecule has 1 fully saturated rings. The number of nitrogens with zero attached hydrogens (tertiary/aromatic N) is 1. The van der Waals surface area contributed by atoms with Crippen LogP contribution in [0.15, 0.2) is 78.9 Å². The van der Waals surface area contributed by atoms with E-state index in [1.807, 2.05) is 87.5 Å². The number of pyridine rings is 1. The van der Waals surface area contributed by atoms with Gasteiger partial charge in [-0.25, -0.2) is 0 Å². The Bertz CT molecular complexity index is 1320. The summed E-state index contributed by atoms with van der Waals surface area (Å²) in [6.07, 6.45) is 0. The van der Waals surface area contributed by atoms with Crippen molar-refractivity contribution in [1.82, 2.24) is 4.98 Å². The molecule has 0 radical (unpaired) electrons. The fourth-order valence-electron chi connectivity index (χ4n) is 4.71. The number of hydrogen-bond acceptors (Lipinski definition) is 4. The van der Waals surface area contributed by atoms with Crippen molar-refractivity contribution in [3.8, 4) is 0 Å². The first-order chi connectivity index (χ1) is 16.0. The Hall–Kier alpha value is -3.34. The van der Waals surface area contributed by atoms with Crippen LogP contribution in [-0.4, -0.2) is 24.0 Å². The van der Waals surface area contributed by atoms with E-state index in [9.17, 15) is 4.79 Å². The number of rotatable bonds is 5. The predicted molar refractivity (Wildman–Crippen MR) is 130 cm³/mol. The summed E-state index contributed by atoms with van der Waals surface area (Å²) < 4.78 is 12.0. The zero-order chi connectivity index (χ0) is 23.0. The Morgan fingerprint density at radius 2 is 1.58 bits per heavy atom. The van der Waals surface area contributed by atoms with Crippen molar-refractivity contribution >= 4 is 16.6 Å². The van der Waals surface area contributed by atoms with Gasteiger partial charge in [-0.3, -0.25) is 9.78 Å². The third-order valence-electron chi connectivity index (χ3n) is 6.37. The van der Waals surface area contributed by atoms with Gasteiger partial charge < -0.3 is 9.47 Å². The Balaban J connectivity index is 1.78. The van der Waals surface area contributed by atoms with Gasteiger partial charge in [0.1, 0.15) is 0 Å². The molecule has 1 unspecified atom stereocenters. The summed E-state index contributed by atoms with van der Waals surface area (Å²) in [4.78, 5) is 19.1. The quantitative estimate of drug-likeness (QED) is 0.355. The van der Waals surface area contributed by atoms with E-state index in [4.69, 9.17) is 14.5 Å². The first-order valence-corrected chi connectivity index (χ1v) is 11.3. The van der Waals surface area contributed by atoms with Crippen molar-refractivity contribution in [2.75, 3.05) is 13.2 Å². The number of carbonyl (C=O) groups is 1. The van der Waals surface area contributed by atoms with Gasteiger partial charge >= 0.3 is 0 Å². The highest BCUT2D eigenvalue weighted by Gasteiger charge is 2.39. The van der Waals surface area contributed by atoms with Gasteiger partial charge in [-0.15, -0.1) is 0 Å². The Morgan fingerprint density at radius 3 is 2.33 bits per heavy atom. The van der Waals surface area contributed by atoms with Crippen molar-refractivity contribution < 1.29 is 14.3 Å². The Kier molecular flexibility index (Phi) is 5.57. The zero-order valence-corrected chi connectivity index (χ0v) is 19.2. The largest absolute Gasteiger partial charge is 0.344 e. The molecule has 3 aromatic carbocycles. The van der Waals surface area contributed by atoms with Crippen molar-refractivity contribution in [3.63, 3.8) is 0 Å². The van der Waals surface area contributed by atoms with E-state index in [1.165, 1.54) is 0 Å². The minimum Gasteiger partial charge on any atom is -0.344 e. The highest BCUT2D eigenvalue weighted by molar-refractivity contribution is 6.05. The second-order valence-corrected chi connectivity index (χ2v) is 8.76. The number of ether oxygens (including phenoxy) is 2. The van der Waals surface area contributed by atoms with Crippen LogP contribution in [0.25, 0.3) is 10.8 Å². The summed E-state index contributed by atoms with van der Waals surface area (Å²) in [5.41, 5.74) is 5.12. The normalized spacial score (nSPS) is 16.1. The van der Waals surface area contributed by atoms with Crippen molar-refractivity contribution in [3.05, 3.63) is 113 Å². The number of carbonyl (C=O) groups excluding carboxylic acids is 1. The predicted octanol–water partition coefficient (Wildman–Crippen LogP) is 6.09. The summed E-state index contributed by atoms with van der Waals surface area (Å²) in [6.45, 7) is 6.96. The van der Waals surface area contributed by atoms with Crippen molar-refractivity contribution in [1.29, 1.82) is 0 Å². The van der Waals surface area contributed by atoms with Crippen LogP contribution in [0, 0.1) is 13.8 Å². The molecule has 4 heteroatoms. The van der Waals surface area contributed by atoms with Gasteiger partial charge in [0.05, 0.1) is 24.8 Å². The molecule has 4 aromatic rings. The first-order valence-electron chi connectivity index (χ1n) is 11.3. The first kappa shape index (κ1) is 21.5. The lowest BCUT2D eigenvalue weighted by Crippen LogP contribution is -2.27. The number of ketones is 1. The van der Waals surface area contributed by atoms with Gasteiger partial charge in [-0.2, -0.15) is 0 Å². The molecule has 4 nitrogen and oxygen atoms in total. The molecule has 0 saturated carbocycles. The van der Waals surface area contributed by atoms with E-state index in [1.54, 1.807) is 0 Å². The van der Waals surface area contributed by atoms with Gasteiger partial charge in [0.25, 0.3) is 0 Å². The molecule has 166 valence electrons. The van der Waals surface area contributed by atoms with Crippen LogP contribution in [0.3, 0.4) is 0 Å². The van der Waals surface area contributed by atoms with Crippen LogP contribution in [-0.2, 0) is 15.3 Å². The van der Waals surface area contributed by atoms with Crippen LogP contribution >= 0.6 is 0 Å². The fraction of sp³-hybridized carbons (Fsp3) is 0.241. The molecule has 1 saturated heterocycles. The highest BCUT2D eigenvalue weighted by Crippen LogP contribution is 2.40. The molecule has 1 aliphatic heterocycles. The van der Waals surface area contributed by atoms with Gasteiger partial charge in [-0.1, -0.05) is 78.4 Å². The number of benzene rings is 3. The number of aromatic nitrogens is 1. The van der Waals surface area contributed by atoms with E-state index in [0.29, 0.717) is 18.8 Å². The molecule has 0 spiro atoms. The molecule has 33 heavy (non-hydrogen) atoms. The molecule has 0 bridgehead atoms. The van der Waals surface area contributed by atoms with Crippen LogP contribution in [0.5, 0.6) is 0 Å². The van der Waals surface area contributed by atoms with Gasteiger partial charge in [0.2, 0.25) is 0 Å². The average molecular weight is 438 g/mol. The maximum Gasteiger partial charge on any atom is 0.192 e. The topological polar surface area (TPSA) is 48.4 Å². The van der Waals surface area contributed by atoms with E-state index < -0.39 is 11.7 Å². The smallest absolute Gasteiger partial charge is 0.192 e. The molecular weight excluding hydrogens is 410 g/mol. The molecule has 1 aliphatic rings. The zero-order valence-electron chi connectivity index (χ0n) is 19.2. The van der Waals surface area contributed by atoms with Crippen molar-refractivity contribution in [2.45, 2.75) is 32.5 Å². The number of fused-ring (bicyclic) bond motifs is 1. The van der Waals surface area contributed by atoms with Gasteiger partial charge in [-0.05, 0) is 37.8 Å². The van der Waals surface area contributed by atoms with Gasteiger partial charge in [0.15, 0.2) is 11.6 Å². The van der Waals surface area contributed by atoms with Crippen molar-refractivity contribution in [2.24, 2.45) is 0 Å². The third-order valence-corrected chi connectivity index (χ3v) is 6.37. The summed E-state index contributed by atoms with van der Waals surface area (Å²) in [6, 6.07) is 25.8. The highest BCUT2D eigenvalue weighted by atomic mass is 16.7. The molecule has 1 aromatic heterocycles. The van der Waals surface area contributed by atoms with Crippen LogP contribution in [0.1, 0.15) is 51.3 Å². The summed E-state index contributed by atoms with van der Waals surface area (Å²) >= 11 is 0. The molecule has 2 heterocycles. The molecular formula is C29H27NO3. The second-order valence-electron chi connectivity index (χ2n) is 8.76. The lowest BCUT2D eigenvalue weighted by atomic mass is 9.81. The number of Topliss-reactive ketones (excluding diaryl/α,β-unsaturated/α-hetero) is 1. The molecule has 1 atom stereocenters. The van der Waals surface area contributed by atoms with Crippen LogP contribution in [0.2, 0.25) is 0 Å². The number of hydrogen-bond donors (Lipinski definition) is 0. The molecule has 0 N–H and O–H groups in total. The average Bonchev–Trinajstić information content (AvgIpc) is 3.27. The Labute approximate surface area is 194 Å².